The Kier molecular flexibility index (Phi) is 7.08. The summed E-state index contributed by atoms with van der Waals surface area (Å²) < 4.78 is 15.4. The van der Waals surface area contributed by atoms with Crippen molar-refractivity contribution in [3.8, 4) is 0 Å². The average Bonchev–Trinajstić information content (AvgIpc) is 2.68. The minimum Gasteiger partial charge on any atom is -0.325 e. The zero-order valence-electron chi connectivity index (χ0n) is 17.1. The van der Waals surface area contributed by atoms with Crippen molar-refractivity contribution < 1.29 is 9.18 Å². The van der Waals surface area contributed by atoms with Gasteiger partial charge in [0.1, 0.15) is 10.8 Å². The molecule has 1 heterocycles. The molecule has 1 aromatic carbocycles. The van der Waals surface area contributed by atoms with Gasteiger partial charge in [-0.25, -0.2) is 9.18 Å². The number of rotatable bonds is 7. The maximum atomic E-state index is 13.7. The van der Waals surface area contributed by atoms with Crippen molar-refractivity contribution in [1.82, 2.24) is 14.5 Å². The number of fused-ring (bicyclic) bond motifs is 1. The number of hydrogen-bond donors (Lipinski definition) is 1. The predicted octanol–water partition coefficient (Wildman–Crippen LogP) is 2.86. The van der Waals surface area contributed by atoms with Crippen LogP contribution in [0, 0.1) is 12.7 Å². The van der Waals surface area contributed by atoms with Crippen LogP contribution in [0.5, 0.6) is 0 Å². The first-order valence-electron chi connectivity index (χ1n) is 9.81. The van der Waals surface area contributed by atoms with Gasteiger partial charge in [-0.05, 0) is 64.4 Å². The maximum absolute atomic E-state index is 13.7. The highest BCUT2D eigenvalue weighted by atomic mass is 32.2. The normalized spacial score (nSPS) is 13.4. The van der Waals surface area contributed by atoms with Gasteiger partial charge in [0.05, 0.1) is 5.75 Å². The number of benzene rings is 1. The fourth-order valence-electron chi connectivity index (χ4n) is 3.40. The number of amides is 1. The number of halogens is 1. The van der Waals surface area contributed by atoms with E-state index in [-0.39, 0.29) is 23.2 Å². The second-order valence-electron chi connectivity index (χ2n) is 7.59. The lowest BCUT2D eigenvalue weighted by atomic mass is 9.97. The second kappa shape index (κ2) is 9.54. The van der Waals surface area contributed by atoms with Crippen molar-refractivity contribution in [2.75, 3.05) is 31.7 Å². The van der Waals surface area contributed by atoms with Crippen molar-refractivity contribution in [2.24, 2.45) is 0 Å². The number of likely N-dealkylation sites (N-methyl/N-ethyl adjacent to an activating group) is 1. The Morgan fingerprint density at radius 3 is 2.79 bits per heavy atom. The molecule has 0 spiro atoms. The van der Waals surface area contributed by atoms with Gasteiger partial charge in [0.15, 0.2) is 0 Å². The third kappa shape index (κ3) is 5.45. The van der Waals surface area contributed by atoms with E-state index in [4.69, 9.17) is 0 Å². The molecule has 1 aliphatic carbocycles. The molecule has 1 aliphatic rings. The molecule has 0 aliphatic heterocycles. The lowest BCUT2D eigenvalue weighted by Gasteiger charge is -2.23. The van der Waals surface area contributed by atoms with Gasteiger partial charge in [-0.2, -0.15) is 4.98 Å². The van der Waals surface area contributed by atoms with Gasteiger partial charge in [-0.1, -0.05) is 17.8 Å². The average molecular weight is 419 g/mol. The first kappa shape index (κ1) is 21.5. The molecule has 0 saturated heterocycles. The molecule has 3 rings (SSSR count). The molecule has 1 amide bonds. The molecule has 1 aromatic heterocycles. The van der Waals surface area contributed by atoms with E-state index in [1.54, 1.807) is 23.6 Å². The molecule has 2 aromatic rings. The van der Waals surface area contributed by atoms with Crippen molar-refractivity contribution in [3.05, 3.63) is 51.3 Å². The highest BCUT2D eigenvalue weighted by Crippen LogP contribution is 2.28. The molecule has 6 nitrogen and oxygen atoms in total. The van der Waals surface area contributed by atoms with Crippen LogP contribution in [0.2, 0.25) is 0 Å². The fraction of sp³-hybridized carbons (Fsp3) is 0.476. The number of anilines is 1. The summed E-state index contributed by atoms with van der Waals surface area (Å²) in [6.45, 7) is 3.06. The van der Waals surface area contributed by atoms with Crippen LogP contribution in [0.1, 0.15) is 29.7 Å². The summed E-state index contributed by atoms with van der Waals surface area (Å²) in [5.41, 5.74) is 2.85. The molecule has 0 bridgehead atoms. The van der Waals surface area contributed by atoms with Gasteiger partial charge >= 0.3 is 5.69 Å². The Balaban J connectivity index is 1.73. The first-order valence-corrected chi connectivity index (χ1v) is 10.8. The van der Waals surface area contributed by atoms with E-state index in [0.29, 0.717) is 22.8 Å². The van der Waals surface area contributed by atoms with Crippen molar-refractivity contribution in [1.29, 1.82) is 0 Å². The van der Waals surface area contributed by atoms with Gasteiger partial charge in [-0.15, -0.1) is 0 Å². The van der Waals surface area contributed by atoms with Crippen LogP contribution < -0.4 is 11.0 Å². The van der Waals surface area contributed by atoms with E-state index in [0.717, 1.165) is 43.5 Å². The predicted molar refractivity (Wildman–Crippen MR) is 114 cm³/mol. The third-order valence-corrected chi connectivity index (χ3v) is 6.03. The van der Waals surface area contributed by atoms with Gasteiger partial charge in [0.25, 0.3) is 0 Å². The smallest absolute Gasteiger partial charge is 0.325 e. The quantitative estimate of drug-likeness (QED) is 0.553. The molecule has 156 valence electrons. The van der Waals surface area contributed by atoms with E-state index in [9.17, 15) is 14.0 Å². The van der Waals surface area contributed by atoms with Gasteiger partial charge in [-0.3, -0.25) is 9.36 Å². The van der Waals surface area contributed by atoms with Gasteiger partial charge < -0.3 is 10.2 Å². The Labute approximate surface area is 174 Å². The van der Waals surface area contributed by atoms with E-state index < -0.39 is 0 Å². The lowest BCUT2D eigenvalue weighted by Crippen LogP contribution is -2.33. The van der Waals surface area contributed by atoms with Crippen molar-refractivity contribution >= 4 is 23.4 Å². The minimum absolute atomic E-state index is 0.121. The van der Waals surface area contributed by atoms with Crippen LogP contribution >= 0.6 is 11.8 Å². The highest BCUT2D eigenvalue weighted by Gasteiger charge is 2.21. The largest absolute Gasteiger partial charge is 0.348 e. The summed E-state index contributed by atoms with van der Waals surface area (Å²) in [4.78, 5) is 31.2. The second-order valence-corrected chi connectivity index (χ2v) is 8.55. The van der Waals surface area contributed by atoms with Crippen molar-refractivity contribution in [3.63, 3.8) is 0 Å². The zero-order valence-corrected chi connectivity index (χ0v) is 17.9. The van der Waals surface area contributed by atoms with Gasteiger partial charge in [0, 0.05) is 30.0 Å². The molecule has 0 atom stereocenters. The first-order chi connectivity index (χ1) is 13.8. The van der Waals surface area contributed by atoms with Crippen LogP contribution in [-0.2, 0) is 24.2 Å². The molecular weight excluding hydrogens is 391 g/mol. The number of carbonyl (C=O) groups excluding carboxylic acids is 1. The van der Waals surface area contributed by atoms with Crippen LogP contribution in [0.25, 0.3) is 0 Å². The monoisotopic (exact) mass is 418 g/mol. The zero-order chi connectivity index (χ0) is 21.0. The number of hydrogen-bond acceptors (Lipinski definition) is 5. The van der Waals surface area contributed by atoms with Crippen LogP contribution in [0.15, 0.2) is 28.0 Å². The van der Waals surface area contributed by atoms with Crippen LogP contribution in [0.4, 0.5) is 10.1 Å². The Morgan fingerprint density at radius 2 is 2.07 bits per heavy atom. The fourth-order valence-corrected chi connectivity index (χ4v) is 4.28. The molecule has 0 fully saturated rings. The summed E-state index contributed by atoms with van der Waals surface area (Å²) >= 11 is 1.28. The number of thioether (sulfide) groups is 1. The summed E-state index contributed by atoms with van der Waals surface area (Å²) in [6, 6.07) is 4.61. The maximum Gasteiger partial charge on any atom is 0.348 e. The van der Waals surface area contributed by atoms with E-state index in [1.807, 2.05) is 19.0 Å². The van der Waals surface area contributed by atoms with Crippen molar-refractivity contribution in [2.45, 2.75) is 44.2 Å². The standard InChI is InChI=1S/C21H27FN4O2S/c1-14-8-9-15(12-17(14)22)23-19(27)13-29-20-16-6-4-5-7-18(16)26(21(28)24-20)11-10-25(2)3/h8-9,12H,4-7,10-11,13H2,1-3H3,(H,23,27). The van der Waals surface area contributed by atoms with E-state index in [1.165, 1.54) is 17.8 Å². The molecule has 8 heteroatoms. The number of aryl methyl sites for hydroxylation is 1. The Hall–Kier alpha value is -2.19. The number of carbonyl (C=O) groups is 1. The number of nitrogens with zero attached hydrogens (tertiary/aromatic N) is 3. The summed E-state index contributed by atoms with van der Waals surface area (Å²) in [5.74, 6) is -0.482. The topological polar surface area (TPSA) is 67.2 Å². The summed E-state index contributed by atoms with van der Waals surface area (Å²) in [5, 5.41) is 3.35. The molecular formula is C21H27FN4O2S. The Bertz CT molecular complexity index is 958. The minimum atomic E-state index is -0.354. The molecule has 29 heavy (non-hydrogen) atoms. The molecule has 0 saturated carbocycles. The lowest BCUT2D eigenvalue weighted by molar-refractivity contribution is -0.113. The van der Waals surface area contributed by atoms with E-state index >= 15 is 0 Å². The van der Waals surface area contributed by atoms with Crippen LogP contribution in [-0.4, -0.2) is 46.8 Å². The molecule has 0 radical (unpaired) electrons. The molecule has 0 unspecified atom stereocenters. The third-order valence-electron chi connectivity index (χ3n) is 5.02. The number of aromatic nitrogens is 2. The highest BCUT2D eigenvalue weighted by molar-refractivity contribution is 8.00. The Morgan fingerprint density at radius 1 is 1.31 bits per heavy atom. The van der Waals surface area contributed by atoms with Crippen LogP contribution in [0.3, 0.4) is 0 Å². The summed E-state index contributed by atoms with van der Waals surface area (Å²) in [6.07, 6.45) is 3.85. The van der Waals surface area contributed by atoms with E-state index in [2.05, 4.69) is 10.3 Å². The SMILES string of the molecule is Cc1ccc(NC(=O)CSc2nc(=O)n(CCN(C)C)c3c2CCCC3)cc1F. The number of nitrogens with one attached hydrogen (secondary N) is 1. The molecule has 1 N–H and O–H groups in total. The summed E-state index contributed by atoms with van der Waals surface area (Å²) in [7, 11) is 3.96. The van der Waals surface area contributed by atoms with Gasteiger partial charge in [0.2, 0.25) is 5.91 Å².